The van der Waals surface area contributed by atoms with Crippen molar-refractivity contribution in [3.8, 4) is 0 Å². The van der Waals surface area contributed by atoms with Crippen molar-refractivity contribution in [1.82, 2.24) is 10.4 Å². The van der Waals surface area contributed by atoms with Gasteiger partial charge in [-0.1, -0.05) is 13.0 Å². The summed E-state index contributed by atoms with van der Waals surface area (Å²) in [7, 11) is 0. The van der Waals surface area contributed by atoms with Crippen molar-refractivity contribution >= 4 is 5.97 Å². The van der Waals surface area contributed by atoms with Gasteiger partial charge in [-0.05, 0) is 0 Å². The summed E-state index contributed by atoms with van der Waals surface area (Å²) in [6.07, 6.45) is 1.69. The Kier molecular flexibility index (Phi) is 5.42. The second kappa shape index (κ2) is 5.88. The molecule has 2 N–H and O–H groups in total. The first-order chi connectivity index (χ1) is 5.20. The number of hydrogen-bond donors (Lipinski definition) is 2. The van der Waals surface area contributed by atoms with Crippen LogP contribution in [0.1, 0.15) is 6.92 Å². The van der Waals surface area contributed by atoms with Crippen molar-refractivity contribution in [2.45, 2.75) is 6.92 Å². The number of carbonyl (C=O) groups is 1. The van der Waals surface area contributed by atoms with E-state index in [0.717, 1.165) is 0 Å². The van der Waals surface area contributed by atoms with E-state index in [4.69, 9.17) is 5.11 Å². The molecule has 0 fully saturated rings. The van der Waals surface area contributed by atoms with Crippen molar-refractivity contribution < 1.29 is 9.90 Å². The van der Waals surface area contributed by atoms with Gasteiger partial charge in [-0.25, -0.2) is 5.01 Å². The molecule has 64 valence electrons. The Morgan fingerprint density at radius 1 is 1.82 bits per heavy atom. The molecule has 0 atom stereocenters. The SMILES string of the molecule is C=CCNN(CC)CC(=O)O. The number of likely N-dealkylation sites (N-methyl/N-ethyl adjacent to an activating group) is 1. The average Bonchev–Trinajstić information content (AvgIpc) is 1.97. The Balaban J connectivity index is 3.57. The number of aliphatic carboxylic acids is 1. The van der Waals surface area contributed by atoms with Gasteiger partial charge >= 0.3 is 5.97 Å². The minimum atomic E-state index is -0.830. The third kappa shape index (κ3) is 5.57. The van der Waals surface area contributed by atoms with Gasteiger partial charge in [-0.15, -0.1) is 6.58 Å². The summed E-state index contributed by atoms with van der Waals surface area (Å²) < 4.78 is 0. The number of nitrogens with one attached hydrogen (secondary N) is 1. The largest absolute Gasteiger partial charge is 0.480 e. The van der Waals surface area contributed by atoms with Gasteiger partial charge in [0.25, 0.3) is 0 Å². The Labute approximate surface area is 66.5 Å². The molecule has 11 heavy (non-hydrogen) atoms. The number of carboxylic acid groups (broad SMARTS) is 1. The standard InChI is InChI=1S/C7H14N2O2/c1-3-5-8-9(4-2)6-7(10)11/h3,8H,1,4-6H2,2H3,(H,10,11). The first-order valence-electron chi connectivity index (χ1n) is 3.51. The summed E-state index contributed by atoms with van der Waals surface area (Å²) in [5, 5.41) is 10.0. The molecular formula is C7H14N2O2. The van der Waals surface area contributed by atoms with E-state index in [1.807, 2.05) is 6.92 Å². The van der Waals surface area contributed by atoms with Gasteiger partial charge in [-0.3, -0.25) is 10.2 Å². The first kappa shape index (κ1) is 10.1. The number of rotatable bonds is 6. The average molecular weight is 158 g/mol. The molecule has 0 aliphatic rings. The van der Waals surface area contributed by atoms with Crippen LogP contribution in [0, 0.1) is 0 Å². The number of hydrogen-bond acceptors (Lipinski definition) is 3. The van der Waals surface area contributed by atoms with Crippen LogP contribution in [-0.2, 0) is 4.79 Å². The molecule has 4 nitrogen and oxygen atoms in total. The van der Waals surface area contributed by atoms with E-state index in [-0.39, 0.29) is 6.54 Å². The van der Waals surface area contributed by atoms with Crippen LogP contribution in [0.3, 0.4) is 0 Å². The molecule has 0 heterocycles. The quantitative estimate of drug-likeness (QED) is 0.424. The number of hydrazine groups is 1. The van der Waals surface area contributed by atoms with E-state index in [0.29, 0.717) is 13.1 Å². The molecular weight excluding hydrogens is 144 g/mol. The van der Waals surface area contributed by atoms with Crippen LogP contribution in [0.25, 0.3) is 0 Å². The topological polar surface area (TPSA) is 52.6 Å². The van der Waals surface area contributed by atoms with E-state index in [1.54, 1.807) is 11.1 Å². The lowest BCUT2D eigenvalue weighted by Crippen LogP contribution is -2.41. The normalized spacial score (nSPS) is 10.0. The predicted molar refractivity (Wildman–Crippen MR) is 43.1 cm³/mol. The molecule has 0 spiro atoms. The Hall–Kier alpha value is -0.870. The van der Waals surface area contributed by atoms with Crippen LogP contribution in [0.4, 0.5) is 0 Å². The molecule has 0 aromatic carbocycles. The fourth-order valence-corrected chi connectivity index (χ4v) is 0.636. The number of nitrogens with zero attached hydrogens (tertiary/aromatic N) is 1. The molecule has 0 aromatic heterocycles. The molecule has 0 saturated carbocycles. The Bertz CT molecular complexity index is 136. The maximum Gasteiger partial charge on any atom is 0.319 e. The zero-order valence-electron chi connectivity index (χ0n) is 6.71. The van der Waals surface area contributed by atoms with Gasteiger partial charge in [-0.2, -0.15) is 0 Å². The summed E-state index contributed by atoms with van der Waals surface area (Å²) in [4.78, 5) is 10.2. The summed E-state index contributed by atoms with van der Waals surface area (Å²) in [5.74, 6) is -0.830. The molecule has 0 bridgehead atoms. The fraction of sp³-hybridized carbons (Fsp3) is 0.571. The lowest BCUT2D eigenvalue weighted by molar-refractivity contribution is -0.139. The molecule has 0 unspecified atom stereocenters. The van der Waals surface area contributed by atoms with E-state index < -0.39 is 5.97 Å². The van der Waals surface area contributed by atoms with Crippen molar-refractivity contribution in [3.05, 3.63) is 12.7 Å². The fourth-order valence-electron chi connectivity index (χ4n) is 0.636. The van der Waals surface area contributed by atoms with Crippen LogP contribution in [0.5, 0.6) is 0 Å². The lowest BCUT2D eigenvalue weighted by Gasteiger charge is -2.17. The third-order valence-electron chi connectivity index (χ3n) is 1.17. The lowest BCUT2D eigenvalue weighted by atomic mass is 10.5. The minimum absolute atomic E-state index is 0.0182. The minimum Gasteiger partial charge on any atom is -0.480 e. The van der Waals surface area contributed by atoms with Crippen molar-refractivity contribution in [2.24, 2.45) is 0 Å². The van der Waals surface area contributed by atoms with Crippen LogP contribution in [0.15, 0.2) is 12.7 Å². The van der Waals surface area contributed by atoms with E-state index in [1.165, 1.54) is 0 Å². The van der Waals surface area contributed by atoms with Gasteiger partial charge in [0, 0.05) is 13.1 Å². The first-order valence-corrected chi connectivity index (χ1v) is 3.51. The van der Waals surface area contributed by atoms with Crippen molar-refractivity contribution in [2.75, 3.05) is 19.6 Å². The van der Waals surface area contributed by atoms with E-state index in [2.05, 4.69) is 12.0 Å². The monoisotopic (exact) mass is 158 g/mol. The van der Waals surface area contributed by atoms with Gasteiger partial charge in [0.05, 0.1) is 0 Å². The third-order valence-corrected chi connectivity index (χ3v) is 1.17. The van der Waals surface area contributed by atoms with Gasteiger partial charge < -0.3 is 5.11 Å². The maximum absolute atomic E-state index is 10.2. The van der Waals surface area contributed by atoms with Crippen LogP contribution in [-0.4, -0.2) is 35.7 Å². The predicted octanol–water partition coefficient (Wildman–Crippen LogP) is 0.0835. The highest BCUT2D eigenvalue weighted by atomic mass is 16.4. The smallest absolute Gasteiger partial charge is 0.319 e. The van der Waals surface area contributed by atoms with Gasteiger partial charge in [0.1, 0.15) is 6.54 Å². The van der Waals surface area contributed by atoms with Crippen molar-refractivity contribution in [3.63, 3.8) is 0 Å². The summed E-state index contributed by atoms with van der Waals surface area (Å²) in [6, 6.07) is 0. The Morgan fingerprint density at radius 2 is 2.45 bits per heavy atom. The zero-order chi connectivity index (χ0) is 8.69. The van der Waals surface area contributed by atoms with E-state index in [9.17, 15) is 4.79 Å². The highest BCUT2D eigenvalue weighted by Gasteiger charge is 2.04. The number of carboxylic acids is 1. The van der Waals surface area contributed by atoms with Gasteiger partial charge in [0.2, 0.25) is 0 Å². The van der Waals surface area contributed by atoms with Gasteiger partial charge in [0.15, 0.2) is 0 Å². The van der Waals surface area contributed by atoms with Crippen LogP contribution >= 0.6 is 0 Å². The van der Waals surface area contributed by atoms with Crippen LogP contribution < -0.4 is 5.43 Å². The zero-order valence-corrected chi connectivity index (χ0v) is 6.71. The summed E-state index contributed by atoms with van der Waals surface area (Å²) in [5.41, 5.74) is 2.88. The molecule has 0 aliphatic carbocycles. The maximum atomic E-state index is 10.2. The Morgan fingerprint density at radius 3 is 2.82 bits per heavy atom. The van der Waals surface area contributed by atoms with Crippen LogP contribution in [0.2, 0.25) is 0 Å². The van der Waals surface area contributed by atoms with E-state index >= 15 is 0 Å². The summed E-state index contributed by atoms with van der Waals surface area (Å²) >= 11 is 0. The molecule has 0 saturated heterocycles. The highest BCUT2D eigenvalue weighted by molar-refractivity contribution is 5.68. The molecule has 0 amide bonds. The molecule has 4 heteroatoms. The molecule has 0 aliphatic heterocycles. The summed E-state index contributed by atoms with van der Waals surface area (Å²) in [6.45, 7) is 6.68. The second-order valence-corrected chi connectivity index (χ2v) is 2.06. The second-order valence-electron chi connectivity index (χ2n) is 2.06. The molecule has 0 radical (unpaired) electrons. The van der Waals surface area contributed by atoms with Crippen molar-refractivity contribution in [1.29, 1.82) is 0 Å². The highest BCUT2D eigenvalue weighted by Crippen LogP contribution is 1.80. The molecule has 0 rings (SSSR count). The molecule has 0 aromatic rings.